The van der Waals surface area contributed by atoms with Crippen molar-refractivity contribution in [2.24, 2.45) is 17.4 Å². The number of nitrogens with zero attached hydrogens (tertiary/aromatic N) is 3. The summed E-state index contributed by atoms with van der Waals surface area (Å²) in [7, 11) is 0. The van der Waals surface area contributed by atoms with Crippen LogP contribution in [0.1, 0.15) is 46.6 Å². The Morgan fingerprint density at radius 1 is 1.24 bits per heavy atom. The minimum atomic E-state index is 0.261. The van der Waals surface area contributed by atoms with Crippen molar-refractivity contribution in [1.82, 2.24) is 20.2 Å². The third kappa shape index (κ3) is 8.30. The number of morpholine rings is 1. The predicted octanol–water partition coefficient (Wildman–Crippen LogP) is 3.81. The van der Waals surface area contributed by atoms with E-state index in [0.29, 0.717) is 17.4 Å². The third-order valence-corrected chi connectivity index (χ3v) is 6.24. The molecule has 0 aromatic carbocycles. The SMILES string of the molecule is CC(=N)/C(=C\NCCCN1CC(C)OC(C)C1)c1cnc2ccc(N/C(N)=C/C(=C\N)C(C)C)nc2c1. The van der Waals surface area contributed by atoms with E-state index in [1.807, 2.05) is 30.5 Å². The molecule has 2 unspecified atom stereocenters. The number of pyridine rings is 2. The molecule has 0 spiro atoms. The molecule has 0 amide bonds. The van der Waals surface area contributed by atoms with E-state index < -0.39 is 0 Å². The topological polar surface area (TPSA) is 138 Å². The Hall–Kier alpha value is -3.43. The van der Waals surface area contributed by atoms with Crippen LogP contribution in [0.4, 0.5) is 5.82 Å². The zero-order valence-electron chi connectivity index (χ0n) is 22.7. The van der Waals surface area contributed by atoms with E-state index in [1.54, 1.807) is 19.3 Å². The molecule has 0 saturated carbocycles. The summed E-state index contributed by atoms with van der Waals surface area (Å²) in [5, 5.41) is 14.8. The fraction of sp³-hybridized carbons (Fsp3) is 0.464. The molecule has 7 N–H and O–H groups in total. The van der Waals surface area contributed by atoms with Gasteiger partial charge in [0.05, 0.1) is 23.2 Å². The van der Waals surface area contributed by atoms with E-state index in [9.17, 15) is 0 Å². The van der Waals surface area contributed by atoms with Crippen molar-refractivity contribution in [2.45, 2.75) is 53.2 Å². The number of allylic oxidation sites excluding steroid dienone is 3. The maximum Gasteiger partial charge on any atom is 0.132 e. The average Bonchev–Trinajstić information content (AvgIpc) is 2.83. The molecule has 3 heterocycles. The smallest absolute Gasteiger partial charge is 0.132 e. The van der Waals surface area contributed by atoms with Gasteiger partial charge in [-0.15, -0.1) is 0 Å². The minimum absolute atomic E-state index is 0.261. The van der Waals surface area contributed by atoms with Crippen LogP contribution in [0, 0.1) is 11.3 Å². The van der Waals surface area contributed by atoms with E-state index >= 15 is 0 Å². The summed E-state index contributed by atoms with van der Waals surface area (Å²) in [6.07, 6.45) is 8.65. The molecule has 9 heteroatoms. The van der Waals surface area contributed by atoms with Crippen LogP contribution in [0.3, 0.4) is 0 Å². The van der Waals surface area contributed by atoms with E-state index in [4.69, 9.17) is 26.6 Å². The van der Waals surface area contributed by atoms with Gasteiger partial charge < -0.3 is 32.2 Å². The number of fused-ring (bicyclic) bond motifs is 1. The Balaban J connectivity index is 1.67. The van der Waals surface area contributed by atoms with Gasteiger partial charge in [-0.2, -0.15) is 0 Å². The number of anilines is 1. The van der Waals surface area contributed by atoms with Gasteiger partial charge in [-0.1, -0.05) is 13.8 Å². The lowest BCUT2D eigenvalue weighted by molar-refractivity contribution is -0.0679. The number of hydrogen-bond acceptors (Lipinski definition) is 9. The number of hydrogen-bond donors (Lipinski definition) is 5. The summed E-state index contributed by atoms with van der Waals surface area (Å²) in [5.74, 6) is 1.33. The molecule has 0 radical (unpaired) electrons. The molecule has 200 valence electrons. The van der Waals surface area contributed by atoms with Gasteiger partial charge in [0.1, 0.15) is 11.6 Å². The number of ether oxygens (including phenoxy) is 1. The Labute approximate surface area is 220 Å². The maximum atomic E-state index is 8.30. The number of aromatic nitrogens is 2. The Bertz CT molecular complexity index is 1160. The predicted molar refractivity (Wildman–Crippen MR) is 153 cm³/mol. The van der Waals surface area contributed by atoms with E-state index in [0.717, 1.165) is 60.3 Å². The summed E-state index contributed by atoms with van der Waals surface area (Å²) in [6, 6.07) is 5.69. The number of rotatable bonds is 11. The van der Waals surface area contributed by atoms with Crippen molar-refractivity contribution in [2.75, 3.05) is 31.5 Å². The summed E-state index contributed by atoms with van der Waals surface area (Å²) in [4.78, 5) is 11.7. The second kappa shape index (κ2) is 13.2. The zero-order chi connectivity index (χ0) is 26.9. The van der Waals surface area contributed by atoms with Crippen LogP contribution in [-0.4, -0.2) is 59.0 Å². The second-order valence-corrected chi connectivity index (χ2v) is 10.0. The lowest BCUT2D eigenvalue weighted by Crippen LogP contribution is -2.45. The van der Waals surface area contributed by atoms with Crippen molar-refractivity contribution in [3.8, 4) is 0 Å². The molecule has 9 nitrogen and oxygen atoms in total. The molecular formula is C28H42N8O. The van der Waals surface area contributed by atoms with Crippen LogP contribution in [0.5, 0.6) is 0 Å². The highest BCUT2D eigenvalue weighted by molar-refractivity contribution is 6.21. The van der Waals surface area contributed by atoms with Crippen molar-refractivity contribution >= 4 is 28.1 Å². The van der Waals surface area contributed by atoms with Crippen LogP contribution in [-0.2, 0) is 4.74 Å². The highest BCUT2D eigenvalue weighted by atomic mass is 16.5. The first-order chi connectivity index (χ1) is 17.7. The average molecular weight is 507 g/mol. The summed E-state index contributed by atoms with van der Waals surface area (Å²) < 4.78 is 5.81. The van der Waals surface area contributed by atoms with Crippen LogP contribution < -0.4 is 22.1 Å². The van der Waals surface area contributed by atoms with Crippen LogP contribution in [0.15, 0.2) is 54.3 Å². The molecule has 37 heavy (non-hydrogen) atoms. The monoisotopic (exact) mass is 506 g/mol. The summed E-state index contributed by atoms with van der Waals surface area (Å²) in [6.45, 7) is 13.9. The first kappa shape index (κ1) is 28.1. The van der Waals surface area contributed by atoms with Crippen molar-refractivity contribution in [1.29, 1.82) is 5.41 Å². The molecule has 1 aliphatic rings. The quantitative estimate of drug-likeness (QED) is 0.176. The number of nitrogens with two attached hydrogens (primary N) is 2. The second-order valence-electron chi connectivity index (χ2n) is 10.0. The van der Waals surface area contributed by atoms with Crippen LogP contribution >= 0.6 is 0 Å². The van der Waals surface area contributed by atoms with E-state index in [-0.39, 0.29) is 18.1 Å². The fourth-order valence-electron chi connectivity index (χ4n) is 4.45. The lowest BCUT2D eigenvalue weighted by atomic mass is 10.0. The summed E-state index contributed by atoms with van der Waals surface area (Å²) in [5.41, 5.74) is 16.4. The van der Waals surface area contributed by atoms with E-state index in [1.165, 1.54) is 0 Å². The first-order valence-corrected chi connectivity index (χ1v) is 13.0. The normalized spacial score (nSPS) is 19.9. The Morgan fingerprint density at radius 2 is 1.97 bits per heavy atom. The number of nitrogens with one attached hydrogen (secondary N) is 3. The van der Waals surface area contributed by atoms with Gasteiger partial charge in [-0.3, -0.25) is 9.88 Å². The molecule has 1 aliphatic heterocycles. The van der Waals surface area contributed by atoms with Gasteiger partial charge >= 0.3 is 0 Å². The van der Waals surface area contributed by atoms with Gasteiger partial charge in [0.25, 0.3) is 0 Å². The molecule has 2 aromatic heterocycles. The maximum absolute atomic E-state index is 8.30. The van der Waals surface area contributed by atoms with Crippen molar-refractivity contribution in [3.63, 3.8) is 0 Å². The molecule has 2 atom stereocenters. The summed E-state index contributed by atoms with van der Waals surface area (Å²) >= 11 is 0. The van der Waals surface area contributed by atoms with Crippen LogP contribution in [0.2, 0.25) is 0 Å². The largest absolute Gasteiger partial charge is 0.404 e. The minimum Gasteiger partial charge on any atom is -0.404 e. The van der Waals surface area contributed by atoms with Gasteiger partial charge in [-0.05, 0) is 69.2 Å². The van der Waals surface area contributed by atoms with Gasteiger partial charge in [0.2, 0.25) is 0 Å². The van der Waals surface area contributed by atoms with Crippen LogP contribution in [0.25, 0.3) is 16.6 Å². The highest BCUT2D eigenvalue weighted by Gasteiger charge is 2.21. The fourth-order valence-corrected chi connectivity index (χ4v) is 4.45. The van der Waals surface area contributed by atoms with Crippen molar-refractivity contribution < 1.29 is 4.74 Å². The van der Waals surface area contributed by atoms with E-state index in [2.05, 4.69) is 48.2 Å². The van der Waals surface area contributed by atoms with Crippen molar-refractivity contribution in [3.05, 3.63) is 59.8 Å². The lowest BCUT2D eigenvalue weighted by Gasteiger charge is -2.35. The molecule has 0 aliphatic carbocycles. The standard InChI is InChI=1S/C28H42N8O/c1-18(2)22(13-29)12-27(31)35-28-8-7-25-26(34-28)11-23(14-33-25)24(21(5)30)15-32-9-6-10-36-16-19(3)37-20(4)17-36/h7-8,11-15,18-20,30,32H,6,9-10,16-17,29,31H2,1-5H3,(H,34,35)/b22-13+,24-15+,27-12+,30-21?. The Kier molecular flexibility index (Phi) is 10.0. The molecule has 1 fully saturated rings. The highest BCUT2D eigenvalue weighted by Crippen LogP contribution is 2.21. The zero-order valence-corrected chi connectivity index (χ0v) is 22.7. The Morgan fingerprint density at radius 3 is 2.62 bits per heavy atom. The molecule has 1 saturated heterocycles. The first-order valence-electron chi connectivity index (χ1n) is 13.0. The van der Waals surface area contributed by atoms with Gasteiger partial charge in [0.15, 0.2) is 0 Å². The molecular weight excluding hydrogens is 464 g/mol. The molecule has 0 bridgehead atoms. The third-order valence-electron chi connectivity index (χ3n) is 6.24. The van der Waals surface area contributed by atoms with Gasteiger partial charge in [-0.25, -0.2) is 4.98 Å². The molecule has 3 rings (SSSR count). The van der Waals surface area contributed by atoms with Gasteiger partial charge in [0, 0.05) is 55.4 Å². The molecule has 2 aromatic rings.